The standard InChI is InChI=1S/C20H17N3O4/c1-27-19-10-8-15(12-16(19)21)22-17-9-7-14(11-18(17)23(25)26)20(24)13-5-3-2-4-6-13/h2-12,22H,21H2,1H3. The van der Waals surface area contributed by atoms with Gasteiger partial charge in [-0.25, -0.2) is 0 Å². The van der Waals surface area contributed by atoms with Crippen molar-refractivity contribution in [2.24, 2.45) is 0 Å². The first kappa shape index (κ1) is 17.9. The van der Waals surface area contributed by atoms with E-state index in [-0.39, 0.29) is 22.7 Å². The third kappa shape index (κ3) is 3.87. The number of nitrogens with one attached hydrogen (secondary N) is 1. The van der Waals surface area contributed by atoms with E-state index in [9.17, 15) is 14.9 Å². The second kappa shape index (κ2) is 7.57. The van der Waals surface area contributed by atoms with Crippen LogP contribution < -0.4 is 15.8 Å². The Kier molecular flexibility index (Phi) is 5.03. The molecule has 0 saturated heterocycles. The summed E-state index contributed by atoms with van der Waals surface area (Å²) in [6, 6.07) is 17.9. The average Bonchev–Trinajstić information content (AvgIpc) is 2.68. The summed E-state index contributed by atoms with van der Waals surface area (Å²) in [6.07, 6.45) is 0. The van der Waals surface area contributed by atoms with E-state index in [1.807, 2.05) is 0 Å². The molecule has 0 saturated carbocycles. The predicted molar refractivity (Wildman–Crippen MR) is 104 cm³/mol. The quantitative estimate of drug-likeness (QED) is 0.295. The van der Waals surface area contributed by atoms with Gasteiger partial charge >= 0.3 is 0 Å². The summed E-state index contributed by atoms with van der Waals surface area (Å²) in [6.45, 7) is 0. The van der Waals surface area contributed by atoms with E-state index < -0.39 is 4.92 Å². The monoisotopic (exact) mass is 363 g/mol. The molecule has 7 heteroatoms. The Morgan fingerprint density at radius 3 is 2.41 bits per heavy atom. The molecule has 3 aromatic carbocycles. The summed E-state index contributed by atoms with van der Waals surface area (Å²) in [5, 5.41) is 14.5. The molecule has 0 aliphatic heterocycles. The normalized spacial score (nSPS) is 10.3. The fraction of sp³-hybridized carbons (Fsp3) is 0.0500. The molecule has 136 valence electrons. The highest BCUT2D eigenvalue weighted by molar-refractivity contribution is 6.09. The fourth-order valence-corrected chi connectivity index (χ4v) is 2.65. The third-order valence-electron chi connectivity index (χ3n) is 4.00. The number of nitro groups is 1. The fourth-order valence-electron chi connectivity index (χ4n) is 2.65. The zero-order valence-electron chi connectivity index (χ0n) is 14.5. The molecule has 0 heterocycles. The van der Waals surface area contributed by atoms with Gasteiger partial charge < -0.3 is 15.8 Å². The number of methoxy groups -OCH3 is 1. The van der Waals surface area contributed by atoms with Crippen molar-refractivity contribution < 1.29 is 14.5 Å². The molecule has 0 aliphatic carbocycles. The van der Waals surface area contributed by atoms with Crippen LogP contribution in [0.4, 0.5) is 22.7 Å². The number of nitrogens with zero attached hydrogens (tertiary/aromatic N) is 1. The Morgan fingerprint density at radius 2 is 1.78 bits per heavy atom. The average molecular weight is 363 g/mol. The van der Waals surface area contributed by atoms with Crippen molar-refractivity contribution in [1.82, 2.24) is 0 Å². The maximum Gasteiger partial charge on any atom is 0.293 e. The predicted octanol–water partition coefficient (Wildman–Crippen LogP) is 4.16. The summed E-state index contributed by atoms with van der Waals surface area (Å²) < 4.78 is 5.10. The smallest absolute Gasteiger partial charge is 0.293 e. The molecule has 0 spiro atoms. The molecule has 3 N–H and O–H groups in total. The Morgan fingerprint density at radius 1 is 1.04 bits per heavy atom. The van der Waals surface area contributed by atoms with E-state index in [0.29, 0.717) is 22.7 Å². The molecule has 27 heavy (non-hydrogen) atoms. The third-order valence-corrected chi connectivity index (χ3v) is 4.00. The number of anilines is 3. The molecule has 7 nitrogen and oxygen atoms in total. The van der Waals surface area contributed by atoms with E-state index in [0.717, 1.165) is 0 Å². The van der Waals surface area contributed by atoms with E-state index in [4.69, 9.17) is 10.5 Å². The molecule has 0 aliphatic rings. The van der Waals surface area contributed by atoms with Crippen molar-refractivity contribution in [2.75, 3.05) is 18.2 Å². The highest BCUT2D eigenvalue weighted by atomic mass is 16.6. The topological polar surface area (TPSA) is 107 Å². The lowest BCUT2D eigenvalue weighted by Crippen LogP contribution is -2.04. The number of rotatable bonds is 6. The van der Waals surface area contributed by atoms with Crippen LogP contribution in [0.1, 0.15) is 15.9 Å². The van der Waals surface area contributed by atoms with E-state index in [1.54, 1.807) is 54.6 Å². The second-order valence-corrected chi connectivity index (χ2v) is 5.77. The Bertz CT molecular complexity index is 1000. The van der Waals surface area contributed by atoms with E-state index in [2.05, 4.69) is 5.32 Å². The number of carbonyl (C=O) groups excluding carboxylic acids is 1. The first-order chi connectivity index (χ1) is 13.0. The first-order valence-electron chi connectivity index (χ1n) is 8.08. The number of benzene rings is 3. The van der Waals surface area contributed by atoms with Crippen LogP contribution in [0.5, 0.6) is 5.75 Å². The van der Waals surface area contributed by atoms with Gasteiger partial charge in [0.2, 0.25) is 0 Å². The molecule has 0 atom stereocenters. The zero-order chi connectivity index (χ0) is 19.4. The highest BCUT2D eigenvalue weighted by Gasteiger charge is 2.19. The van der Waals surface area contributed by atoms with Gasteiger partial charge in [-0.15, -0.1) is 0 Å². The number of hydrogen-bond acceptors (Lipinski definition) is 6. The minimum absolute atomic E-state index is 0.203. The summed E-state index contributed by atoms with van der Waals surface area (Å²) in [7, 11) is 1.51. The van der Waals surface area contributed by atoms with Crippen molar-refractivity contribution in [3.63, 3.8) is 0 Å². The molecular formula is C20H17N3O4. The number of hydrogen-bond donors (Lipinski definition) is 2. The maximum absolute atomic E-state index is 12.5. The van der Waals surface area contributed by atoms with Crippen molar-refractivity contribution in [3.8, 4) is 5.75 Å². The van der Waals surface area contributed by atoms with E-state index >= 15 is 0 Å². The lowest BCUT2D eigenvalue weighted by Gasteiger charge is -2.11. The summed E-state index contributed by atoms with van der Waals surface area (Å²) in [5.74, 6) is 0.234. The molecule has 0 radical (unpaired) electrons. The zero-order valence-corrected chi connectivity index (χ0v) is 14.5. The van der Waals surface area contributed by atoms with Crippen LogP contribution in [0, 0.1) is 10.1 Å². The Labute approximate surface area is 155 Å². The molecule has 0 bridgehead atoms. The second-order valence-electron chi connectivity index (χ2n) is 5.77. The van der Waals surface area contributed by atoms with Gasteiger partial charge in [0.25, 0.3) is 5.69 Å². The van der Waals surface area contributed by atoms with Crippen LogP contribution in [0.2, 0.25) is 0 Å². The SMILES string of the molecule is COc1ccc(Nc2ccc(C(=O)c3ccccc3)cc2[N+](=O)[O-])cc1N. The lowest BCUT2D eigenvalue weighted by atomic mass is 10.0. The van der Waals surface area contributed by atoms with Gasteiger partial charge in [0, 0.05) is 22.9 Å². The van der Waals surface area contributed by atoms with Crippen molar-refractivity contribution in [2.45, 2.75) is 0 Å². The van der Waals surface area contributed by atoms with Gasteiger partial charge in [-0.05, 0) is 30.3 Å². The van der Waals surface area contributed by atoms with Crippen LogP contribution in [0.25, 0.3) is 0 Å². The van der Waals surface area contributed by atoms with Crippen LogP contribution in [0.3, 0.4) is 0 Å². The van der Waals surface area contributed by atoms with Crippen LogP contribution in [-0.2, 0) is 0 Å². The van der Waals surface area contributed by atoms with Gasteiger partial charge in [0.1, 0.15) is 11.4 Å². The summed E-state index contributed by atoms with van der Waals surface area (Å²) in [5.41, 5.74) is 7.61. The van der Waals surface area contributed by atoms with Gasteiger partial charge in [-0.1, -0.05) is 30.3 Å². The number of nitrogen functional groups attached to an aromatic ring is 1. The molecule has 0 aromatic heterocycles. The summed E-state index contributed by atoms with van der Waals surface area (Å²) >= 11 is 0. The molecule has 0 fully saturated rings. The van der Waals surface area contributed by atoms with Crippen LogP contribution >= 0.6 is 0 Å². The molecule has 0 amide bonds. The van der Waals surface area contributed by atoms with Crippen molar-refractivity contribution in [3.05, 3.63) is 88.0 Å². The minimum Gasteiger partial charge on any atom is -0.495 e. The largest absolute Gasteiger partial charge is 0.495 e. The van der Waals surface area contributed by atoms with E-state index in [1.165, 1.54) is 19.2 Å². The van der Waals surface area contributed by atoms with Crippen LogP contribution in [-0.4, -0.2) is 17.8 Å². The molecule has 3 rings (SSSR count). The number of ether oxygens (including phenoxy) is 1. The van der Waals surface area contributed by atoms with Gasteiger partial charge in [0.05, 0.1) is 17.7 Å². The first-order valence-corrected chi connectivity index (χ1v) is 8.08. The minimum atomic E-state index is -0.531. The summed E-state index contributed by atoms with van der Waals surface area (Å²) in [4.78, 5) is 23.5. The maximum atomic E-state index is 12.5. The Hall–Kier alpha value is -3.87. The molecule has 3 aromatic rings. The molecule has 0 unspecified atom stereocenters. The van der Waals surface area contributed by atoms with Crippen LogP contribution in [0.15, 0.2) is 66.7 Å². The Balaban J connectivity index is 1.94. The van der Waals surface area contributed by atoms with Gasteiger partial charge in [-0.3, -0.25) is 14.9 Å². The number of carbonyl (C=O) groups is 1. The lowest BCUT2D eigenvalue weighted by molar-refractivity contribution is -0.383. The number of ketones is 1. The molecular weight excluding hydrogens is 346 g/mol. The highest BCUT2D eigenvalue weighted by Crippen LogP contribution is 2.32. The van der Waals surface area contributed by atoms with Crippen molar-refractivity contribution >= 4 is 28.5 Å². The number of nitro benzene ring substituents is 1. The van der Waals surface area contributed by atoms with Gasteiger partial charge in [-0.2, -0.15) is 0 Å². The van der Waals surface area contributed by atoms with Gasteiger partial charge in [0.15, 0.2) is 5.78 Å². The number of nitrogens with two attached hydrogens (primary N) is 1. The van der Waals surface area contributed by atoms with Crippen molar-refractivity contribution in [1.29, 1.82) is 0 Å².